The SMILES string of the molecule is Cc1nc(N2CC(O)(C(C)C)C2)sc1C. The minimum Gasteiger partial charge on any atom is -0.386 e. The van der Waals surface area contributed by atoms with Gasteiger partial charge in [-0.3, -0.25) is 0 Å². The molecule has 0 aliphatic carbocycles. The number of anilines is 1. The van der Waals surface area contributed by atoms with Gasteiger partial charge in [-0.25, -0.2) is 4.98 Å². The number of aliphatic hydroxyl groups is 1. The van der Waals surface area contributed by atoms with Crippen molar-refractivity contribution in [1.29, 1.82) is 0 Å². The number of thiazole rings is 1. The van der Waals surface area contributed by atoms with Crippen molar-refractivity contribution in [2.24, 2.45) is 5.92 Å². The summed E-state index contributed by atoms with van der Waals surface area (Å²) in [7, 11) is 0. The molecule has 1 fully saturated rings. The Hall–Kier alpha value is -0.610. The molecule has 0 spiro atoms. The molecule has 0 saturated carbocycles. The Labute approximate surface area is 94.8 Å². The van der Waals surface area contributed by atoms with Gasteiger partial charge in [0, 0.05) is 4.88 Å². The maximum atomic E-state index is 10.1. The fraction of sp³-hybridized carbons (Fsp3) is 0.727. The fourth-order valence-electron chi connectivity index (χ4n) is 1.71. The van der Waals surface area contributed by atoms with E-state index in [9.17, 15) is 5.11 Å². The van der Waals surface area contributed by atoms with Crippen LogP contribution in [0.3, 0.4) is 0 Å². The van der Waals surface area contributed by atoms with Crippen LogP contribution in [0.2, 0.25) is 0 Å². The van der Waals surface area contributed by atoms with Crippen LogP contribution in [0.15, 0.2) is 0 Å². The third kappa shape index (κ3) is 1.76. The molecule has 84 valence electrons. The van der Waals surface area contributed by atoms with Crippen molar-refractivity contribution >= 4 is 16.5 Å². The lowest BCUT2D eigenvalue weighted by Crippen LogP contribution is -2.64. The van der Waals surface area contributed by atoms with Crippen molar-refractivity contribution in [3.63, 3.8) is 0 Å². The van der Waals surface area contributed by atoms with Crippen molar-refractivity contribution < 1.29 is 5.11 Å². The molecule has 0 amide bonds. The van der Waals surface area contributed by atoms with Crippen molar-refractivity contribution in [3.05, 3.63) is 10.6 Å². The highest BCUT2D eigenvalue weighted by Crippen LogP contribution is 2.35. The van der Waals surface area contributed by atoms with Gasteiger partial charge < -0.3 is 10.0 Å². The lowest BCUT2D eigenvalue weighted by atomic mass is 9.83. The maximum Gasteiger partial charge on any atom is 0.185 e. The van der Waals surface area contributed by atoms with E-state index in [1.807, 2.05) is 6.92 Å². The Bertz CT molecular complexity index is 347. The fourth-order valence-corrected chi connectivity index (χ4v) is 2.61. The summed E-state index contributed by atoms with van der Waals surface area (Å²) in [5.74, 6) is 0.316. The topological polar surface area (TPSA) is 36.4 Å². The first kappa shape index (κ1) is 10.9. The lowest BCUT2D eigenvalue weighted by molar-refractivity contribution is -0.0300. The van der Waals surface area contributed by atoms with E-state index in [4.69, 9.17) is 0 Å². The first-order chi connectivity index (χ1) is 6.92. The predicted octanol–water partition coefficient (Wildman–Crippen LogP) is 1.97. The molecule has 0 atom stereocenters. The summed E-state index contributed by atoms with van der Waals surface area (Å²) in [5, 5.41) is 11.2. The summed E-state index contributed by atoms with van der Waals surface area (Å²) in [6.45, 7) is 9.69. The van der Waals surface area contributed by atoms with E-state index < -0.39 is 5.60 Å². The summed E-state index contributed by atoms with van der Waals surface area (Å²) >= 11 is 1.71. The standard InChI is InChI=1S/C11H18N2OS/c1-7(2)11(14)5-13(6-11)10-12-8(3)9(4)15-10/h7,14H,5-6H2,1-4H3. The molecule has 15 heavy (non-hydrogen) atoms. The number of aromatic nitrogens is 1. The Morgan fingerprint density at radius 1 is 1.40 bits per heavy atom. The minimum atomic E-state index is -0.506. The molecule has 3 nitrogen and oxygen atoms in total. The molecule has 0 aromatic carbocycles. The van der Waals surface area contributed by atoms with Crippen LogP contribution in [0.25, 0.3) is 0 Å². The third-order valence-corrected chi connectivity index (χ3v) is 4.43. The molecule has 1 aliphatic rings. The summed E-state index contributed by atoms with van der Waals surface area (Å²) in [5.41, 5.74) is 0.600. The highest BCUT2D eigenvalue weighted by Gasteiger charge is 2.44. The summed E-state index contributed by atoms with van der Waals surface area (Å²) < 4.78 is 0. The second-order valence-corrected chi connectivity index (χ2v) is 5.93. The molecule has 2 rings (SSSR count). The van der Waals surface area contributed by atoms with Crippen LogP contribution < -0.4 is 4.90 Å². The van der Waals surface area contributed by atoms with Crippen LogP contribution in [0, 0.1) is 19.8 Å². The van der Waals surface area contributed by atoms with Gasteiger partial charge in [0.1, 0.15) is 5.60 Å². The molecule has 0 bridgehead atoms. The number of aryl methyl sites for hydroxylation is 2. The van der Waals surface area contributed by atoms with Crippen LogP contribution in [0.1, 0.15) is 24.4 Å². The lowest BCUT2D eigenvalue weighted by Gasteiger charge is -2.49. The van der Waals surface area contributed by atoms with Gasteiger partial charge in [-0.1, -0.05) is 13.8 Å². The second-order valence-electron chi connectivity index (χ2n) is 4.75. The molecule has 1 aliphatic heterocycles. The van der Waals surface area contributed by atoms with E-state index in [1.165, 1.54) is 4.88 Å². The Balaban J connectivity index is 2.06. The van der Waals surface area contributed by atoms with Crippen LogP contribution in [-0.2, 0) is 0 Å². The Kier molecular flexibility index (Phi) is 2.51. The van der Waals surface area contributed by atoms with E-state index in [-0.39, 0.29) is 0 Å². The van der Waals surface area contributed by atoms with Gasteiger partial charge in [-0.15, -0.1) is 11.3 Å². The Morgan fingerprint density at radius 3 is 2.40 bits per heavy atom. The molecular formula is C11H18N2OS. The van der Waals surface area contributed by atoms with E-state index >= 15 is 0 Å². The molecule has 0 radical (unpaired) electrons. The number of hydrogen-bond acceptors (Lipinski definition) is 4. The zero-order valence-electron chi connectivity index (χ0n) is 9.74. The van der Waals surface area contributed by atoms with Crippen LogP contribution in [0.5, 0.6) is 0 Å². The predicted molar refractivity (Wildman–Crippen MR) is 63.6 cm³/mol. The van der Waals surface area contributed by atoms with Gasteiger partial charge in [-0.2, -0.15) is 0 Å². The molecule has 4 heteroatoms. The number of β-amino-alcohol motifs (C(OH)–C–C–N with tert-alkyl or cyclic N) is 1. The average Bonchev–Trinajstić information content (AvgIpc) is 2.41. The van der Waals surface area contributed by atoms with Crippen LogP contribution in [-0.4, -0.2) is 28.8 Å². The van der Waals surface area contributed by atoms with Crippen molar-refractivity contribution in [3.8, 4) is 0 Å². The largest absolute Gasteiger partial charge is 0.386 e. The highest BCUT2D eigenvalue weighted by atomic mass is 32.1. The average molecular weight is 226 g/mol. The van der Waals surface area contributed by atoms with Crippen LogP contribution >= 0.6 is 11.3 Å². The van der Waals surface area contributed by atoms with Crippen molar-refractivity contribution in [2.75, 3.05) is 18.0 Å². The molecule has 0 unspecified atom stereocenters. The molecule has 1 aromatic heterocycles. The summed E-state index contributed by atoms with van der Waals surface area (Å²) in [4.78, 5) is 7.92. The monoisotopic (exact) mass is 226 g/mol. The first-order valence-corrected chi connectivity index (χ1v) is 6.15. The molecule has 1 N–H and O–H groups in total. The van der Waals surface area contributed by atoms with Gasteiger partial charge in [0.2, 0.25) is 0 Å². The first-order valence-electron chi connectivity index (χ1n) is 5.34. The minimum absolute atomic E-state index is 0.316. The normalized spacial score (nSPS) is 19.5. The molecule has 1 aromatic rings. The van der Waals surface area contributed by atoms with Crippen molar-refractivity contribution in [1.82, 2.24) is 4.98 Å². The maximum absolute atomic E-state index is 10.1. The molecule has 1 saturated heterocycles. The summed E-state index contributed by atoms with van der Waals surface area (Å²) in [6, 6.07) is 0. The zero-order chi connectivity index (χ0) is 11.2. The Morgan fingerprint density at radius 2 is 2.00 bits per heavy atom. The van der Waals surface area contributed by atoms with Gasteiger partial charge in [0.25, 0.3) is 0 Å². The van der Waals surface area contributed by atoms with Gasteiger partial charge in [0.05, 0.1) is 18.8 Å². The van der Waals surface area contributed by atoms with Gasteiger partial charge in [-0.05, 0) is 19.8 Å². The molecule has 2 heterocycles. The quantitative estimate of drug-likeness (QED) is 0.837. The van der Waals surface area contributed by atoms with Crippen molar-refractivity contribution in [2.45, 2.75) is 33.3 Å². The van der Waals surface area contributed by atoms with Gasteiger partial charge >= 0.3 is 0 Å². The molecular weight excluding hydrogens is 208 g/mol. The third-order valence-electron chi connectivity index (χ3n) is 3.29. The second kappa shape index (κ2) is 3.46. The van der Waals surface area contributed by atoms with E-state index in [1.54, 1.807) is 11.3 Å². The highest BCUT2D eigenvalue weighted by molar-refractivity contribution is 7.15. The van der Waals surface area contributed by atoms with Gasteiger partial charge in [0.15, 0.2) is 5.13 Å². The number of hydrogen-bond donors (Lipinski definition) is 1. The number of nitrogens with zero attached hydrogens (tertiary/aromatic N) is 2. The zero-order valence-corrected chi connectivity index (χ0v) is 10.6. The van der Waals surface area contributed by atoms with E-state index in [2.05, 4.69) is 30.7 Å². The van der Waals surface area contributed by atoms with Crippen LogP contribution in [0.4, 0.5) is 5.13 Å². The smallest absolute Gasteiger partial charge is 0.185 e. The number of rotatable bonds is 2. The van der Waals surface area contributed by atoms with E-state index in [0.29, 0.717) is 5.92 Å². The summed E-state index contributed by atoms with van der Waals surface area (Å²) in [6.07, 6.45) is 0. The van der Waals surface area contributed by atoms with E-state index in [0.717, 1.165) is 23.9 Å².